The molecule has 25 heavy (non-hydrogen) atoms. The second kappa shape index (κ2) is 6.68. The molecule has 7 heteroatoms. The maximum atomic E-state index is 12.4. The molecule has 0 atom stereocenters. The number of carbonyl (C=O) groups excluding carboxylic acids is 1. The van der Waals surface area contributed by atoms with Crippen molar-refractivity contribution in [1.82, 2.24) is 0 Å². The average molecular weight is 357 g/mol. The van der Waals surface area contributed by atoms with Gasteiger partial charge in [-0.25, -0.2) is 0 Å². The van der Waals surface area contributed by atoms with Crippen molar-refractivity contribution in [1.29, 1.82) is 0 Å². The van der Waals surface area contributed by atoms with E-state index in [9.17, 15) is 13.2 Å². The Hall–Kier alpha value is -2.67. The highest BCUT2D eigenvalue weighted by Crippen LogP contribution is 2.32. The van der Waals surface area contributed by atoms with E-state index in [1.54, 1.807) is 31.2 Å². The quantitative estimate of drug-likeness (QED) is 0.911. The number of fused-ring (bicyclic) bond motifs is 1. The molecule has 0 fully saturated rings. The van der Waals surface area contributed by atoms with Crippen molar-refractivity contribution in [3.05, 3.63) is 54.1 Å². The fraction of sp³-hybridized carbons (Fsp3) is 0.222. The van der Waals surface area contributed by atoms with Crippen LogP contribution in [0.1, 0.15) is 30.6 Å². The third kappa shape index (κ3) is 3.41. The molecule has 0 saturated heterocycles. The Kier molecular flexibility index (Phi) is 4.59. The lowest BCUT2D eigenvalue weighted by Gasteiger charge is -2.29. The van der Waals surface area contributed by atoms with Crippen molar-refractivity contribution in [2.24, 2.45) is 4.40 Å². The molecule has 1 N–H and O–H groups in total. The van der Waals surface area contributed by atoms with E-state index >= 15 is 0 Å². The molecule has 1 heterocycles. The van der Waals surface area contributed by atoms with Gasteiger partial charge >= 0.3 is 0 Å². The van der Waals surface area contributed by atoms with Crippen LogP contribution in [0.5, 0.6) is 0 Å². The molecule has 2 aromatic carbocycles. The lowest BCUT2D eigenvalue weighted by atomic mass is 10.1. The van der Waals surface area contributed by atoms with Crippen molar-refractivity contribution >= 4 is 33.1 Å². The number of benzene rings is 2. The van der Waals surface area contributed by atoms with Crippen LogP contribution in [-0.4, -0.2) is 26.7 Å². The van der Waals surface area contributed by atoms with Crippen molar-refractivity contribution < 1.29 is 13.2 Å². The fourth-order valence-electron chi connectivity index (χ4n) is 2.76. The van der Waals surface area contributed by atoms with Crippen LogP contribution < -0.4 is 10.2 Å². The Labute approximate surface area is 147 Å². The van der Waals surface area contributed by atoms with E-state index in [1.165, 1.54) is 6.07 Å². The largest absolute Gasteiger partial charge is 0.328 e. The Balaban J connectivity index is 1.98. The average Bonchev–Trinajstić information content (AvgIpc) is 2.58. The van der Waals surface area contributed by atoms with E-state index in [0.29, 0.717) is 23.8 Å². The molecule has 3 rings (SSSR count). The van der Waals surface area contributed by atoms with E-state index in [4.69, 9.17) is 0 Å². The first-order valence-electron chi connectivity index (χ1n) is 8.02. The molecule has 1 amide bonds. The summed E-state index contributed by atoms with van der Waals surface area (Å²) in [6.45, 7) is 4.34. The van der Waals surface area contributed by atoms with E-state index < -0.39 is 10.0 Å². The summed E-state index contributed by atoms with van der Waals surface area (Å²) in [6, 6.07) is 13.7. The Morgan fingerprint density at radius 3 is 2.56 bits per heavy atom. The van der Waals surface area contributed by atoms with Crippen LogP contribution in [0.15, 0.2) is 57.8 Å². The van der Waals surface area contributed by atoms with Gasteiger partial charge in [-0.3, -0.25) is 4.79 Å². The summed E-state index contributed by atoms with van der Waals surface area (Å²) in [5.74, 6) is 0.0772. The smallest absolute Gasteiger partial charge is 0.286 e. The van der Waals surface area contributed by atoms with Crippen molar-refractivity contribution in [3.8, 4) is 0 Å². The summed E-state index contributed by atoms with van der Waals surface area (Å²) in [6.07, 6.45) is 0.850. The zero-order valence-electron chi connectivity index (χ0n) is 14.1. The second-order valence-electron chi connectivity index (χ2n) is 5.77. The normalized spacial score (nSPS) is 15.3. The molecule has 0 radical (unpaired) electrons. The highest BCUT2D eigenvalue weighted by atomic mass is 32.2. The predicted octanol–water partition coefficient (Wildman–Crippen LogP) is 3.28. The number of hydrogen-bond acceptors (Lipinski definition) is 4. The van der Waals surface area contributed by atoms with Gasteiger partial charge in [0.15, 0.2) is 0 Å². The van der Waals surface area contributed by atoms with Gasteiger partial charge in [-0.1, -0.05) is 25.1 Å². The summed E-state index contributed by atoms with van der Waals surface area (Å²) in [7, 11) is -3.81. The number of nitrogens with zero attached hydrogens (tertiary/aromatic N) is 2. The van der Waals surface area contributed by atoms with Crippen LogP contribution in [0.2, 0.25) is 0 Å². The first-order valence-corrected chi connectivity index (χ1v) is 9.46. The van der Waals surface area contributed by atoms with Gasteiger partial charge in [0.2, 0.25) is 0 Å². The first-order chi connectivity index (χ1) is 11.9. The Bertz CT molecular complexity index is 937. The summed E-state index contributed by atoms with van der Waals surface area (Å²) < 4.78 is 28.7. The number of rotatable bonds is 4. The molecular formula is C18H19N3O3S. The van der Waals surface area contributed by atoms with E-state index in [0.717, 1.165) is 6.42 Å². The van der Waals surface area contributed by atoms with Gasteiger partial charge in [-0.05, 0) is 43.7 Å². The standard InChI is InChI=1S/C18H19N3O3S/c1-3-11-21-13(2)20-25(23,24)17-12-14(9-10-16(17)21)18(22)19-15-7-5-4-6-8-15/h4-10,12H,3,11H2,1-2H3,(H,19,22). The molecule has 0 aliphatic carbocycles. The summed E-state index contributed by atoms with van der Waals surface area (Å²) >= 11 is 0. The van der Waals surface area contributed by atoms with Gasteiger partial charge in [0.1, 0.15) is 10.7 Å². The van der Waals surface area contributed by atoms with Crippen LogP contribution in [0.3, 0.4) is 0 Å². The SMILES string of the molecule is CCCN1C(C)=NS(=O)(=O)c2cc(C(=O)Nc3ccccc3)ccc21. The molecule has 1 aliphatic heterocycles. The molecule has 0 aromatic heterocycles. The number of sulfonamides is 1. The highest BCUT2D eigenvalue weighted by Gasteiger charge is 2.29. The molecule has 130 valence electrons. The van der Waals surface area contributed by atoms with E-state index in [-0.39, 0.29) is 16.4 Å². The topological polar surface area (TPSA) is 78.8 Å². The summed E-state index contributed by atoms with van der Waals surface area (Å²) in [5, 5.41) is 2.75. The third-order valence-corrected chi connectivity index (χ3v) is 5.30. The minimum atomic E-state index is -3.81. The summed E-state index contributed by atoms with van der Waals surface area (Å²) in [4.78, 5) is 14.3. The number of carbonyl (C=O) groups is 1. The van der Waals surface area contributed by atoms with Crippen molar-refractivity contribution in [2.75, 3.05) is 16.8 Å². The maximum absolute atomic E-state index is 12.4. The fourth-order valence-corrected chi connectivity index (χ4v) is 4.03. The number of para-hydroxylation sites is 1. The number of hydrogen-bond donors (Lipinski definition) is 1. The van der Waals surface area contributed by atoms with Crippen LogP contribution in [0, 0.1) is 0 Å². The Morgan fingerprint density at radius 2 is 1.88 bits per heavy atom. The zero-order valence-corrected chi connectivity index (χ0v) is 14.9. The molecular weight excluding hydrogens is 338 g/mol. The third-order valence-electron chi connectivity index (χ3n) is 3.91. The molecule has 6 nitrogen and oxygen atoms in total. The zero-order chi connectivity index (χ0) is 18.0. The number of nitrogens with one attached hydrogen (secondary N) is 1. The molecule has 0 unspecified atom stereocenters. The van der Waals surface area contributed by atoms with Gasteiger partial charge < -0.3 is 10.2 Å². The minimum Gasteiger partial charge on any atom is -0.328 e. The first kappa shape index (κ1) is 17.2. The number of amidine groups is 1. The van der Waals surface area contributed by atoms with Crippen LogP contribution in [0.25, 0.3) is 0 Å². The van der Waals surface area contributed by atoms with E-state index in [1.807, 2.05) is 30.0 Å². The summed E-state index contributed by atoms with van der Waals surface area (Å²) in [5.41, 5.74) is 1.48. The van der Waals surface area contributed by atoms with Gasteiger partial charge in [0.05, 0.1) is 5.69 Å². The van der Waals surface area contributed by atoms with Gasteiger partial charge in [-0.15, -0.1) is 4.40 Å². The number of amides is 1. The minimum absolute atomic E-state index is 0.0623. The highest BCUT2D eigenvalue weighted by molar-refractivity contribution is 7.90. The van der Waals surface area contributed by atoms with E-state index in [2.05, 4.69) is 9.71 Å². The van der Waals surface area contributed by atoms with Crippen molar-refractivity contribution in [2.45, 2.75) is 25.2 Å². The predicted molar refractivity (Wildman–Crippen MR) is 98.8 cm³/mol. The molecule has 0 bridgehead atoms. The van der Waals surface area contributed by atoms with Crippen LogP contribution >= 0.6 is 0 Å². The van der Waals surface area contributed by atoms with Gasteiger partial charge in [-0.2, -0.15) is 8.42 Å². The van der Waals surface area contributed by atoms with Crippen LogP contribution in [-0.2, 0) is 10.0 Å². The van der Waals surface area contributed by atoms with Crippen LogP contribution in [0.4, 0.5) is 11.4 Å². The molecule has 2 aromatic rings. The lowest BCUT2D eigenvalue weighted by Crippen LogP contribution is -2.34. The van der Waals surface area contributed by atoms with Gasteiger partial charge in [0, 0.05) is 17.8 Å². The Morgan fingerprint density at radius 1 is 1.16 bits per heavy atom. The monoisotopic (exact) mass is 357 g/mol. The maximum Gasteiger partial charge on any atom is 0.286 e. The van der Waals surface area contributed by atoms with Gasteiger partial charge in [0.25, 0.3) is 15.9 Å². The number of anilines is 2. The molecule has 0 spiro atoms. The molecule has 0 saturated carbocycles. The molecule has 1 aliphatic rings. The lowest BCUT2D eigenvalue weighted by molar-refractivity contribution is 0.102. The van der Waals surface area contributed by atoms with Crippen molar-refractivity contribution in [3.63, 3.8) is 0 Å². The second-order valence-corrected chi connectivity index (χ2v) is 7.34.